The second kappa shape index (κ2) is 57.9. The lowest BCUT2D eigenvalue weighted by molar-refractivity contribution is -0.143. The van der Waals surface area contributed by atoms with Gasteiger partial charge in [-0.05, 0) is 57.8 Å². The summed E-state index contributed by atoms with van der Waals surface area (Å²) in [6.45, 7) is 4.96. The van der Waals surface area contributed by atoms with Crippen LogP contribution in [0.1, 0.15) is 335 Å². The molecule has 0 saturated heterocycles. The third-order valence-electron chi connectivity index (χ3n) is 14.3. The first kappa shape index (κ1) is 66.3. The van der Waals surface area contributed by atoms with Crippen LogP contribution in [0.25, 0.3) is 0 Å². The van der Waals surface area contributed by atoms with E-state index in [4.69, 9.17) is 4.74 Å². The Morgan fingerprint density at radius 3 is 1.12 bits per heavy atom. The number of hydrogen-bond acceptors (Lipinski definition) is 5. The first-order valence-electron chi connectivity index (χ1n) is 30.6. The van der Waals surface area contributed by atoms with E-state index >= 15 is 0 Å². The smallest absolute Gasteiger partial charge is 0.305 e. The third kappa shape index (κ3) is 53.7. The summed E-state index contributed by atoms with van der Waals surface area (Å²) in [6, 6.07) is -0.545. The van der Waals surface area contributed by atoms with Crippen LogP contribution < -0.4 is 5.32 Å². The van der Waals surface area contributed by atoms with Crippen molar-refractivity contribution in [2.75, 3.05) is 13.2 Å². The summed E-state index contributed by atoms with van der Waals surface area (Å²) in [5, 5.41) is 23.2. The number of nitrogens with one attached hydrogen (secondary N) is 1. The molecule has 3 N–H and O–H groups in total. The monoisotopic (exact) mass is 958 g/mol. The number of amides is 1. The topological polar surface area (TPSA) is 95.9 Å². The van der Waals surface area contributed by atoms with Crippen LogP contribution in [-0.4, -0.2) is 47.4 Å². The van der Waals surface area contributed by atoms with E-state index in [1.807, 2.05) is 0 Å². The number of unbranched alkanes of at least 4 members (excludes halogenated alkanes) is 42. The van der Waals surface area contributed by atoms with E-state index < -0.39 is 12.1 Å². The van der Waals surface area contributed by atoms with Crippen LogP contribution in [0.4, 0.5) is 0 Å². The fourth-order valence-corrected chi connectivity index (χ4v) is 9.55. The first-order chi connectivity index (χ1) is 33.5. The van der Waals surface area contributed by atoms with Crippen LogP contribution in [0, 0.1) is 0 Å². The lowest BCUT2D eigenvalue weighted by Crippen LogP contribution is -2.45. The fraction of sp³-hybridized carbons (Fsp3) is 0.903. The molecule has 6 heteroatoms. The van der Waals surface area contributed by atoms with Gasteiger partial charge in [0.15, 0.2) is 0 Å². The molecule has 68 heavy (non-hydrogen) atoms. The second-order valence-corrected chi connectivity index (χ2v) is 21.0. The van der Waals surface area contributed by atoms with Crippen LogP contribution >= 0.6 is 0 Å². The molecule has 0 saturated carbocycles. The number of ether oxygens (including phenoxy) is 1. The predicted octanol–water partition coefficient (Wildman–Crippen LogP) is 19.0. The van der Waals surface area contributed by atoms with Crippen LogP contribution in [0.15, 0.2) is 24.3 Å². The fourth-order valence-electron chi connectivity index (χ4n) is 9.55. The van der Waals surface area contributed by atoms with Crippen molar-refractivity contribution < 1.29 is 24.5 Å². The summed E-state index contributed by atoms with van der Waals surface area (Å²) in [7, 11) is 0. The highest BCUT2D eigenvalue weighted by atomic mass is 16.5. The van der Waals surface area contributed by atoms with Gasteiger partial charge in [-0.2, -0.15) is 0 Å². The van der Waals surface area contributed by atoms with E-state index in [0.29, 0.717) is 25.9 Å². The standard InChI is InChI=1S/C62H119NO5/c1-3-5-7-9-11-13-15-30-34-38-42-46-50-54-60(65)59(58-64)63-61(66)55-51-47-43-39-35-32-28-26-24-22-20-18-17-19-21-23-25-27-29-33-37-41-45-49-53-57-68-62(67)56-52-48-44-40-36-31-16-14-12-10-8-6-4-2/h18-21,59-60,64-65H,3-17,22-58H2,1-2H3,(H,63,66)/b20-18-,21-19-. The van der Waals surface area contributed by atoms with Crippen molar-refractivity contribution >= 4 is 11.9 Å². The quantitative estimate of drug-likeness (QED) is 0.0321. The largest absolute Gasteiger partial charge is 0.466 e. The van der Waals surface area contributed by atoms with Gasteiger partial charge in [0.25, 0.3) is 0 Å². The lowest BCUT2D eigenvalue weighted by atomic mass is 10.0. The highest BCUT2D eigenvalue weighted by Gasteiger charge is 2.20. The van der Waals surface area contributed by atoms with Crippen LogP contribution in [0.5, 0.6) is 0 Å². The van der Waals surface area contributed by atoms with Crippen molar-refractivity contribution in [1.82, 2.24) is 5.32 Å². The molecule has 2 unspecified atom stereocenters. The van der Waals surface area contributed by atoms with E-state index in [-0.39, 0.29) is 18.5 Å². The second-order valence-electron chi connectivity index (χ2n) is 21.0. The van der Waals surface area contributed by atoms with Gasteiger partial charge in [-0.25, -0.2) is 0 Å². The molecule has 402 valence electrons. The summed E-state index contributed by atoms with van der Waals surface area (Å²) in [6.07, 6.45) is 70.4. The zero-order valence-corrected chi connectivity index (χ0v) is 45.9. The molecule has 0 fully saturated rings. The molecule has 2 atom stereocenters. The van der Waals surface area contributed by atoms with Gasteiger partial charge in [-0.1, -0.05) is 289 Å². The van der Waals surface area contributed by atoms with Crippen molar-refractivity contribution in [1.29, 1.82) is 0 Å². The molecule has 0 aliphatic heterocycles. The summed E-state index contributed by atoms with van der Waals surface area (Å²) in [4.78, 5) is 24.5. The number of allylic oxidation sites excluding steroid dienone is 4. The number of carbonyl (C=O) groups is 2. The first-order valence-corrected chi connectivity index (χ1v) is 30.6. The average Bonchev–Trinajstić information content (AvgIpc) is 3.34. The Morgan fingerprint density at radius 1 is 0.412 bits per heavy atom. The Labute approximate surface area is 424 Å². The van der Waals surface area contributed by atoms with Crippen LogP contribution in [0.3, 0.4) is 0 Å². The van der Waals surface area contributed by atoms with Crippen molar-refractivity contribution in [3.05, 3.63) is 24.3 Å². The third-order valence-corrected chi connectivity index (χ3v) is 14.3. The minimum Gasteiger partial charge on any atom is -0.466 e. The Hall–Kier alpha value is -1.66. The minimum atomic E-state index is -0.667. The Bertz CT molecular complexity index is 1060. The van der Waals surface area contributed by atoms with Crippen molar-refractivity contribution in [3.63, 3.8) is 0 Å². The normalized spacial score (nSPS) is 12.7. The van der Waals surface area contributed by atoms with Gasteiger partial charge in [-0.15, -0.1) is 0 Å². The summed E-state index contributed by atoms with van der Waals surface area (Å²) < 4.78 is 5.47. The van der Waals surface area contributed by atoms with Gasteiger partial charge < -0.3 is 20.3 Å². The molecule has 0 radical (unpaired) electrons. The molecule has 0 aromatic heterocycles. The Morgan fingerprint density at radius 2 is 0.735 bits per heavy atom. The van der Waals surface area contributed by atoms with Crippen LogP contribution in [0.2, 0.25) is 0 Å². The van der Waals surface area contributed by atoms with Gasteiger partial charge in [0.2, 0.25) is 5.91 Å². The van der Waals surface area contributed by atoms with Gasteiger partial charge in [-0.3, -0.25) is 9.59 Å². The molecule has 6 nitrogen and oxygen atoms in total. The van der Waals surface area contributed by atoms with Gasteiger partial charge in [0.1, 0.15) is 0 Å². The highest BCUT2D eigenvalue weighted by Crippen LogP contribution is 2.17. The zero-order valence-electron chi connectivity index (χ0n) is 45.9. The molecular formula is C62H119NO5. The summed E-state index contributed by atoms with van der Waals surface area (Å²) in [5.41, 5.74) is 0. The number of aliphatic hydroxyl groups is 2. The number of esters is 1. The van der Waals surface area contributed by atoms with Crippen molar-refractivity contribution in [3.8, 4) is 0 Å². The maximum Gasteiger partial charge on any atom is 0.305 e. The Balaban J connectivity index is 3.42. The molecule has 0 aromatic carbocycles. The van der Waals surface area contributed by atoms with E-state index in [0.717, 1.165) is 44.9 Å². The molecule has 0 rings (SSSR count). The average molecular weight is 959 g/mol. The van der Waals surface area contributed by atoms with Crippen molar-refractivity contribution in [2.24, 2.45) is 0 Å². The minimum absolute atomic E-state index is 0.0108. The van der Waals surface area contributed by atoms with Gasteiger partial charge >= 0.3 is 5.97 Å². The maximum absolute atomic E-state index is 12.5. The van der Waals surface area contributed by atoms with Gasteiger partial charge in [0.05, 0.1) is 25.4 Å². The van der Waals surface area contributed by atoms with E-state index in [2.05, 4.69) is 43.5 Å². The van der Waals surface area contributed by atoms with Crippen LogP contribution in [-0.2, 0) is 14.3 Å². The van der Waals surface area contributed by atoms with E-state index in [9.17, 15) is 19.8 Å². The molecule has 1 amide bonds. The summed E-state index contributed by atoms with van der Waals surface area (Å²) in [5.74, 6) is -0.0294. The number of aliphatic hydroxyl groups excluding tert-OH is 2. The highest BCUT2D eigenvalue weighted by molar-refractivity contribution is 5.76. The predicted molar refractivity (Wildman–Crippen MR) is 296 cm³/mol. The number of carbonyl (C=O) groups excluding carboxylic acids is 2. The maximum atomic E-state index is 12.5. The van der Waals surface area contributed by atoms with Gasteiger partial charge in [0, 0.05) is 12.8 Å². The van der Waals surface area contributed by atoms with Crippen molar-refractivity contribution in [2.45, 2.75) is 347 Å². The number of rotatable bonds is 57. The zero-order chi connectivity index (χ0) is 49.3. The summed E-state index contributed by atoms with van der Waals surface area (Å²) >= 11 is 0. The SMILES string of the molecule is CCCCCCCCCCCCCCCC(=O)OCCCCCCCCCCC/C=C\C/C=C\CCCCCCCCCCCC(=O)NC(CO)C(O)CCCCCCCCCCCCCCC. The number of hydrogen-bond donors (Lipinski definition) is 3. The Kier molecular flexibility index (Phi) is 56.5. The van der Waals surface area contributed by atoms with E-state index in [1.54, 1.807) is 0 Å². The lowest BCUT2D eigenvalue weighted by Gasteiger charge is -2.22. The molecule has 0 aliphatic carbocycles. The molecule has 0 heterocycles. The molecule has 0 spiro atoms. The molecule has 0 bridgehead atoms. The molecule has 0 aliphatic rings. The van der Waals surface area contributed by atoms with E-state index in [1.165, 1.54) is 257 Å². The molecular weight excluding hydrogens is 839 g/mol. The molecule has 0 aromatic rings.